The lowest BCUT2D eigenvalue weighted by atomic mass is 10.1. The largest absolute Gasteiger partial charge is 0.380 e. The predicted octanol–water partition coefficient (Wildman–Crippen LogP) is 2.41. The van der Waals surface area contributed by atoms with Gasteiger partial charge >= 0.3 is 0 Å². The average molecular weight is 186 g/mol. The quantitative estimate of drug-likeness (QED) is 0.625. The summed E-state index contributed by atoms with van der Waals surface area (Å²) >= 11 is 11.0. The van der Waals surface area contributed by atoms with Gasteiger partial charge in [-0.3, -0.25) is 0 Å². The molecule has 0 aliphatic rings. The van der Waals surface area contributed by atoms with E-state index >= 15 is 0 Å². The lowest BCUT2D eigenvalue weighted by molar-refractivity contribution is 0.0809. The van der Waals surface area contributed by atoms with Crippen LogP contribution in [-0.2, 0) is 4.74 Å². The maximum Gasteiger partial charge on any atom is 0.0702 e. The van der Waals surface area contributed by atoms with E-state index < -0.39 is 0 Å². The Balaban J connectivity index is 3.63. The minimum absolute atomic E-state index is 0.306. The first-order valence-corrected chi connectivity index (χ1v) is 3.88. The molecule has 0 bridgehead atoms. The van der Waals surface area contributed by atoms with E-state index in [2.05, 4.69) is 0 Å². The van der Waals surface area contributed by atoms with Gasteiger partial charge in [-0.2, -0.15) is 0 Å². The van der Waals surface area contributed by atoms with E-state index in [-0.39, 0.29) is 5.54 Å². The monoisotopic (exact) mass is 185 g/mol. The second-order valence-corrected chi connectivity index (χ2v) is 3.53. The first kappa shape index (κ1) is 10.5. The van der Waals surface area contributed by atoms with Crippen molar-refractivity contribution in [1.82, 2.24) is 3.94 Å². The third-order valence-electron chi connectivity index (χ3n) is 1.12. The van der Waals surface area contributed by atoms with Crippen molar-refractivity contribution < 1.29 is 4.74 Å². The Morgan fingerprint density at radius 3 is 2.20 bits per heavy atom. The number of ether oxygens (including phenoxy) is 1. The van der Waals surface area contributed by atoms with Gasteiger partial charge in [-0.25, -0.2) is 0 Å². The van der Waals surface area contributed by atoms with Crippen LogP contribution in [0.5, 0.6) is 0 Å². The van der Waals surface area contributed by atoms with Gasteiger partial charge in [0.2, 0.25) is 0 Å². The van der Waals surface area contributed by atoms with Crippen LogP contribution in [0, 0.1) is 0 Å². The van der Waals surface area contributed by atoms with Gasteiger partial charge in [0.1, 0.15) is 0 Å². The molecule has 0 rings (SSSR count). The summed E-state index contributed by atoms with van der Waals surface area (Å²) in [6, 6.07) is 0. The third-order valence-corrected chi connectivity index (χ3v) is 2.03. The van der Waals surface area contributed by atoms with Crippen LogP contribution in [0.15, 0.2) is 0 Å². The fourth-order valence-electron chi connectivity index (χ4n) is 0.401. The number of halogens is 2. The Morgan fingerprint density at radius 2 is 1.90 bits per heavy atom. The zero-order valence-corrected chi connectivity index (χ0v) is 8.04. The SMILES string of the molecule is CCOCC(C)(C)N(Cl)Cl. The van der Waals surface area contributed by atoms with Gasteiger partial charge in [0.05, 0.1) is 12.1 Å². The highest BCUT2D eigenvalue weighted by atomic mass is 35.5. The molecule has 4 heteroatoms. The van der Waals surface area contributed by atoms with Crippen LogP contribution < -0.4 is 0 Å². The number of rotatable bonds is 4. The molecule has 0 saturated heterocycles. The van der Waals surface area contributed by atoms with E-state index in [1.807, 2.05) is 20.8 Å². The van der Waals surface area contributed by atoms with Crippen molar-refractivity contribution in [3.05, 3.63) is 0 Å². The third kappa shape index (κ3) is 3.62. The fourth-order valence-corrected chi connectivity index (χ4v) is 0.498. The van der Waals surface area contributed by atoms with Gasteiger partial charge < -0.3 is 4.74 Å². The molecule has 0 aliphatic heterocycles. The van der Waals surface area contributed by atoms with Gasteiger partial charge in [0, 0.05) is 6.61 Å². The van der Waals surface area contributed by atoms with Crippen LogP contribution in [0.1, 0.15) is 20.8 Å². The van der Waals surface area contributed by atoms with Crippen LogP contribution in [0.2, 0.25) is 0 Å². The van der Waals surface area contributed by atoms with E-state index in [1.165, 1.54) is 0 Å². The van der Waals surface area contributed by atoms with E-state index in [0.29, 0.717) is 13.2 Å². The molecular formula is C6H13Cl2NO. The molecule has 10 heavy (non-hydrogen) atoms. The molecule has 0 heterocycles. The Bertz CT molecular complexity index is 95.7. The maximum absolute atomic E-state index is 5.52. The average Bonchev–Trinajstić information content (AvgIpc) is 1.84. The van der Waals surface area contributed by atoms with Gasteiger partial charge in [-0.1, -0.05) is 0 Å². The smallest absolute Gasteiger partial charge is 0.0702 e. The molecule has 0 radical (unpaired) electrons. The summed E-state index contributed by atoms with van der Waals surface area (Å²) in [4.78, 5) is 0. The highest BCUT2D eigenvalue weighted by molar-refractivity contribution is 6.34. The van der Waals surface area contributed by atoms with Crippen LogP contribution in [0.3, 0.4) is 0 Å². The van der Waals surface area contributed by atoms with Crippen molar-refractivity contribution in [3.8, 4) is 0 Å². The summed E-state index contributed by atoms with van der Waals surface area (Å²) in [6.07, 6.45) is 0. The standard InChI is InChI=1S/C6H13Cl2NO/c1-4-10-5-6(2,3)9(7)8/h4-5H2,1-3H3. The Hall–Kier alpha value is 0.500. The van der Waals surface area contributed by atoms with Crippen molar-refractivity contribution in [2.75, 3.05) is 13.2 Å². The minimum Gasteiger partial charge on any atom is -0.380 e. The van der Waals surface area contributed by atoms with E-state index in [9.17, 15) is 0 Å². The second-order valence-electron chi connectivity index (χ2n) is 2.68. The van der Waals surface area contributed by atoms with Gasteiger partial charge in [-0.05, 0) is 44.3 Å². The molecule has 0 aliphatic carbocycles. The summed E-state index contributed by atoms with van der Waals surface area (Å²) in [5, 5.41) is 0. The summed E-state index contributed by atoms with van der Waals surface area (Å²) in [6.45, 7) is 6.97. The highest BCUT2D eigenvalue weighted by Crippen LogP contribution is 2.19. The van der Waals surface area contributed by atoms with Crippen molar-refractivity contribution in [2.45, 2.75) is 26.3 Å². The normalized spacial score (nSPS) is 12.6. The Labute approximate surface area is 72.3 Å². The van der Waals surface area contributed by atoms with Crippen molar-refractivity contribution in [1.29, 1.82) is 0 Å². The van der Waals surface area contributed by atoms with Gasteiger partial charge in [0.25, 0.3) is 0 Å². The Morgan fingerprint density at radius 1 is 1.40 bits per heavy atom. The molecule has 0 amide bonds. The van der Waals surface area contributed by atoms with Crippen LogP contribution >= 0.6 is 23.6 Å². The van der Waals surface area contributed by atoms with Gasteiger partial charge in [0.15, 0.2) is 0 Å². The number of nitrogens with zero attached hydrogens (tertiary/aromatic N) is 1. The number of hydrogen-bond acceptors (Lipinski definition) is 2. The fraction of sp³-hybridized carbons (Fsp3) is 1.00. The number of hydrogen-bond donors (Lipinski definition) is 0. The first-order chi connectivity index (χ1) is 4.50. The van der Waals surface area contributed by atoms with Crippen LogP contribution in [0.4, 0.5) is 0 Å². The van der Waals surface area contributed by atoms with Gasteiger partial charge in [-0.15, -0.1) is 3.94 Å². The second kappa shape index (κ2) is 4.39. The topological polar surface area (TPSA) is 12.5 Å². The van der Waals surface area contributed by atoms with Crippen molar-refractivity contribution >= 4 is 23.6 Å². The molecule has 0 N–H and O–H groups in total. The zero-order valence-electron chi connectivity index (χ0n) is 6.53. The molecule has 62 valence electrons. The van der Waals surface area contributed by atoms with Crippen molar-refractivity contribution in [2.24, 2.45) is 0 Å². The first-order valence-electron chi connectivity index (χ1n) is 3.20. The van der Waals surface area contributed by atoms with E-state index in [0.717, 1.165) is 3.94 Å². The lowest BCUT2D eigenvalue weighted by Crippen LogP contribution is -2.36. The predicted molar refractivity (Wildman–Crippen MR) is 44.1 cm³/mol. The van der Waals surface area contributed by atoms with Crippen LogP contribution in [0.25, 0.3) is 0 Å². The lowest BCUT2D eigenvalue weighted by Gasteiger charge is -2.26. The molecular weight excluding hydrogens is 173 g/mol. The summed E-state index contributed by atoms with van der Waals surface area (Å²) < 4.78 is 6.26. The highest BCUT2D eigenvalue weighted by Gasteiger charge is 2.24. The molecule has 0 fully saturated rings. The molecule has 0 aromatic carbocycles. The maximum atomic E-state index is 5.52. The van der Waals surface area contributed by atoms with E-state index in [1.54, 1.807) is 0 Å². The summed E-state index contributed by atoms with van der Waals surface area (Å²) in [5.74, 6) is 0. The molecule has 0 aromatic rings. The Kier molecular flexibility index (Phi) is 4.61. The molecule has 0 atom stereocenters. The molecule has 2 nitrogen and oxygen atoms in total. The molecule has 0 spiro atoms. The van der Waals surface area contributed by atoms with Crippen molar-refractivity contribution in [3.63, 3.8) is 0 Å². The molecule has 0 saturated carbocycles. The molecule has 0 aromatic heterocycles. The van der Waals surface area contributed by atoms with E-state index in [4.69, 9.17) is 28.3 Å². The molecule has 0 unspecified atom stereocenters. The van der Waals surface area contributed by atoms with Crippen LogP contribution in [-0.4, -0.2) is 22.7 Å². The zero-order chi connectivity index (χ0) is 8.20. The minimum atomic E-state index is -0.306. The summed E-state index contributed by atoms with van der Waals surface area (Å²) in [7, 11) is 0. The summed E-state index contributed by atoms with van der Waals surface area (Å²) in [5.41, 5.74) is -0.306.